The van der Waals surface area contributed by atoms with E-state index in [1.54, 1.807) is 0 Å². The van der Waals surface area contributed by atoms with Crippen LogP contribution in [-0.2, 0) is 0 Å². The van der Waals surface area contributed by atoms with E-state index in [0.29, 0.717) is 0 Å². The van der Waals surface area contributed by atoms with Crippen molar-refractivity contribution in [3.05, 3.63) is 28.7 Å². The highest BCUT2D eigenvalue weighted by atomic mass is 79.9. The van der Waals surface area contributed by atoms with Gasteiger partial charge in [0.1, 0.15) is 5.75 Å². The average molecular weight is 255 g/mol. The molecule has 1 fully saturated rings. The lowest BCUT2D eigenvalue weighted by atomic mass is 9.83. The summed E-state index contributed by atoms with van der Waals surface area (Å²) in [5.74, 6) is 1.89. The molecule has 1 aliphatic carbocycles. The number of hydrogen-bond donors (Lipinski definition) is 0. The molecule has 0 spiro atoms. The molecule has 1 nitrogen and oxygen atoms in total. The number of halogens is 1. The van der Waals surface area contributed by atoms with Gasteiger partial charge in [0.25, 0.3) is 0 Å². The molecule has 0 bridgehead atoms. The molecule has 0 N–H and O–H groups in total. The molecule has 0 saturated heterocycles. The molecule has 2 rings (SSSR count). The Labute approximate surface area is 93.6 Å². The highest BCUT2D eigenvalue weighted by Gasteiger charge is 2.16. The minimum Gasteiger partial charge on any atom is -0.492 e. The van der Waals surface area contributed by atoms with Gasteiger partial charge >= 0.3 is 0 Å². The van der Waals surface area contributed by atoms with Crippen molar-refractivity contribution in [1.29, 1.82) is 0 Å². The van der Waals surface area contributed by atoms with Gasteiger partial charge in [-0.05, 0) is 40.4 Å². The van der Waals surface area contributed by atoms with Gasteiger partial charge in [-0.3, -0.25) is 0 Å². The number of para-hydroxylation sites is 1. The van der Waals surface area contributed by atoms with Crippen LogP contribution in [0.15, 0.2) is 28.7 Å². The zero-order valence-electron chi connectivity index (χ0n) is 8.21. The van der Waals surface area contributed by atoms with E-state index in [2.05, 4.69) is 15.9 Å². The van der Waals surface area contributed by atoms with Gasteiger partial charge in [0.2, 0.25) is 0 Å². The van der Waals surface area contributed by atoms with Crippen LogP contribution in [0.25, 0.3) is 0 Å². The first kappa shape index (κ1) is 10.0. The van der Waals surface area contributed by atoms with Crippen molar-refractivity contribution >= 4 is 15.9 Å². The Kier molecular flexibility index (Phi) is 3.46. The summed E-state index contributed by atoms with van der Waals surface area (Å²) in [5, 5.41) is 0. The molecule has 2 heteroatoms. The van der Waals surface area contributed by atoms with Gasteiger partial charge in [-0.25, -0.2) is 0 Å². The lowest BCUT2D eigenvalue weighted by Crippen LogP contribution is -2.14. The van der Waals surface area contributed by atoms with Crippen LogP contribution in [0.2, 0.25) is 0 Å². The minimum absolute atomic E-state index is 0.854. The van der Waals surface area contributed by atoms with E-state index in [9.17, 15) is 0 Å². The maximum Gasteiger partial charge on any atom is 0.133 e. The summed E-state index contributed by atoms with van der Waals surface area (Å²) in [4.78, 5) is 0. The highest BCUT2D eigenvalue weighted by molar-refractivity contribution is 9.10. The highest BCUT2D eigenvalue weighted by Crippen LogP contribution is 2.30. The topological polar surface area (TPSA) is 9.23 Å². The lowest BCUT2D eigenvalue weighted by Gasteiger charge is -2.25. The molecule has 0 atom stereocenters. The van der Waals surface area contributed by atoms with Crippen molar-refractivity contribution < 1.29 is 4.74 Å². The number of rotatable bonds is 4. The standard InChI is InChI=1S/C12H15BrO/c13-11-6-1-2-7-12(11)14-9-8-10-4-3-5-10/h1-2,6-7,10H,3-5,8-9H2. The molecule has 1 aromatic rings. The van der Waals surface area contributed by atoms with Crippen molar-refractivity contribution in [3.63, 3.8) is 0 Å². The van der Waals surface area contributed by atoms with E-state index in [1.165, 1.54) is 25.7 Å². The molecular weight excluding hydrogens is 240 g/mol. The van der Waals surface area contributed by atoms with Gasteiger partial charge in [-0.2, -0.15) is 0 Å². The molecule has 0 amide bonds. The van der Waals surface area contributed by atoms with Gasteiger partial charge in [-0.15, -0.1) is 0 Å². The van der Waals surface area contributed by atoms with Crippen molar-refractivity contribution in [2.75, 3.05) is 6.61 Å². The predicted octanol–water partition coefficient (Wildman–Crippen LogP) is 4.02. The molecule has 76 valence electrons. The Morgan fingerprint density at radius 3 is 2.71 bits per heavy atom. The maximum atomic E-state index is 5.70. The smallest absolute Gasteiger partial charge is 0.133 e. The van der Waals surface area contributed by atoms with E-state index in [0.717, 1.165) is 22.7 Å². The second kappa shape index (κ2) is 4.83. The molecule has 0 aromatic heterocycles. The lowest BCUT2D eigenvalue weighted by molar-refractivity contribution is 0.221. The van der Waals surface area contributed by atoms with Crippen molar-refractivity contribution in [2.24, 2.45) is 5.92 Å². The molecule has 1 aliphatic rings. The van der Waals surface area contributed by atoms with E-state index in [4.69, 9.17) is 4.74 Å². The molecule has 1 saturated carbocycles. The summed E-state index contributed by atoms with van der Waals surface area (Å²) in [5.41, 5.74) is 0. The van der Waals surface area contributed by atoms with Crippen LogP contribution in [0.5, 0.6) is 5.75 Å². The molecule has 0 unspecified atom stereocenters. The normalized spacial score (nSPS) is 16.4. The summed E-state index contributed by atoms with van der Waals surface area (Å²) in [6, 6.07) is 8.02. The van der Waals surface area contributed by atoms with Crippen LogP contribution in [0.3, 0.4) is 0 Å². The second-order valence-corrected chi connectivity index (χ2v) is 4.72. The van der Waals surface area contributed by atoms with Crippen LogP contribution in [0.1, 0.15) is 25.7 Å². The fraction of sp³-hybridized carbons (Fsp3) is 0.500. The van der Waals surface area contributed by atoms with E-state index < -0.39 is 0 Å². The summed E-state index contributed by atoms with van der Waals surface area (Å²) in [6.07, 6.45) is 5.43. The Morgan fingerprint density at radius 1 is 1.29 bits per heavy atom. The fourth-order valence-electron chi connectivity index (χ4n) is 1.68. The number of hydrogen-bond acceptors (Lipinski definition) is 1. The molecule has 0 aliphatic heterocycles. The van der Waals surface area contributed by atoms with Gasteiger partial charge in [0, 0.05) is 0 Å². The first-order valence-corrected chi connectivity index (χ1v) is 6.03. The summed E-state index contributed by atoms with van der Waals surface area (Å²) in [6.45, 7) is 0.854. The Morgan fingerprint density at radius 2 is 2.07 bits per heavy atom. The van der Waals surface area contributed by atoms with Crippen LogP contribution >= 0.6 is 15.9 Å². The molecular formula is C12H15BrO. The van der Waals surface area contributed by atoms with E-state index in [1.807, 2.05) is 24.3 Å². The Balaban J connectivity index is 1.76. The summed E-state index contributed by atoms with van der Waals surface area (Å²) in [7, 11) is 0. The monoisotopic (exact) mass is 254 g/mol. The number of benzene rings is 1. The predicted molar refractivity (Wildman–Crippen MR) is 61.6 cm³/mol. The van der Waals surface area contributed by atoms with Gasteiger partial charge in [0.15, 0.2) is 0 Å². The largest absolute Gasteiger partial charge is 0.492 e. The zero-order valence-corrected chi connectivity index (χ0v) is 9.79. The molecule has 0 radical (unpaired) electrons. The van der Waals surface area contributed by atoms with Crippen LogP contribution in [0.4, 0.5) is 0 Å². The van der Waals surface area contributed by atoms with Crippen molar-refractivity contribution in [3.8, 4) is 5.75 Å². The summed E-state index contributed by atoms with van der Waals surface area (Å²) < 4.78 is 6.75. The second-order valence-electron chi connectivity index (χ2n) is 3.86. The molecule has 14 heavy (non-hydrogen) atoms. The Hall–Kier alpha value is -0.500. The van der Waals surface area contributed by atoms with E-state index >= 15 is 0 Å². The van der Waals surface area contributed by atoms with Crippen LogP contribution in [-0.4, -0.2) is 6.61 Å². The quantitative estimate of drug-likeness (QED) is 0.789. The fourth-order valence-corrected chi connectivity index (χ4v) is 2.08. The van der Waals surface area contributed by atoms with Crippen molar-refractivity contribution in [2.45, 2.75) is 25.7 Å². The summed E-state index contributed by atoms with van der Waals surface area (Å²) >= 11 is 3.47. The van der Waals surface area contributed by atoms with Crippen LogP contribution in [0, 0.1) is 5.92 Å². The third kappa shape index (κ3) is 2.50. The third-order valence-corrected chi connectivity index (χ3v) is 3.50. The SMILES string of the molecule is Brc1ccccc1OCCC1CCC1. The number of ether oxygens (including phenoxy) is 1. The van der Waals surface area contributed by atoms with Crippen LogP contribution < -0.4 is 4.74 Å². The first-order chi connectivity index (χ1) is 6.86. The molecule has 0 heterocycles. The van der Waals surface area contributed by atoms with Gasteiger partial charge < -0.3 is 4.74 Å². The third-order valence-electron chi connectivity index (χ3n) is 2.85. The molecule has 1 aromatic carbocycles. The zero-order chi connectivity index (χ0) is 9.80. The maximum absolute atomic E-state index is 5.70. The van der Waals surface area contributed by atoms with E-state index in [-0.39, 0.29) is 0 Å². The minimum atomic E-state index is 0.854. The Bertz CT molecular complexity index is 294. The first-order valence-electron chi connectivity index (χ1n) is 5.23. The van der Waals surface area contributed by atoms with Crippen molar-refractivity contribution in [1.82, 2.24) is 0 Å². The van der Waals surface area contributed by atoms with Gasteiger partial charge in [-0.1, -0.05) is 31.4 Å². The average Bonchev–Trinajstić information content (AvgIpc) is 2.12. The van der Waals surface area contributed by atoms with Gasteiger partial charge in [0.05, 0.1) is 11.1 Å².